The third-order valence-corrected chi connectivity index (χ3v) is 2.59. The van der Waals surface area contributed by atoms with E-state index in [2.05, 4.69) is 0 Å². The molecule has 0 unspecified atom stereocenters. The van der Waals surface area contributed by atoms with E-state index in [-0.39, 0.29) is 18.2 Å². The highest BCUT2D eigenvalue weighted by molar-refractivity contribution is 7.80. The predicted octanol–water partition coefficient (Wildman–Crippen LogP) is 3.06. The van der Waals surface area contributed by atoms with Crippen LogP contribution in [0.4, 0.5) is 13.2 Å². The predicted molar refractivity (Wildman–Crippen MR) is 73.9 cm³/mol. The number of thiocarbonyl (C=S) groups is 1. The van der Waals surface area contributed by atoms with Gasteiger partial charge in [0, 0.05) is 13.0 Å². The number of hydrogen-bond acceptors (Lipinski definition) is 3. The van der Waals surface area contributed by atoms with Crippen molar-refractivity contribution >= 4 is 17.2 Å². The first-order chi connectivity index (χ1) is 9.40. The summed E-state index contributed by atoms with van der Waals surface area (Å²) in [6.45, 7) is 0.212. The Bertz CT molecular complexity index is 438. The molecule has 0 saturated heterocycles. The van der Waals surface area contributed by atoms with Gasteiger partial charge in [-0.2, -0.15) is 13.2 Å². The lowest BCUT2D eigenvalue weighted by molar-refractivity contribution is -0.145. The Morgan fingerprint density at radius 1 is 1.15 bits per heavy atom. The fourth-order valence-corrected chi connectivity index (χ4v) is 1.60. The standard InChI is InChI=1S/C13H16F3NO2S/c14-13(15,16)6-9-18-7-3-8-19-11-5-2-1-4-10(11)12(17)20/h1-2,4-5H,3,6-9H2,(H2,17,20). The summed E-state index contributed by atoms with van der Waals surface area (Å²) in [4.78, 5) is 0.238. The van der Waals surface area contributed by atoms with Gasteiger partial charge in [0.05, 0.1) is 25.2 Å². The third kappa shape index (κ3) is 6.72. The van der Waals surface area contributed by atoms with Crippen molar-refractivity contribution < 1.29 is 22.6 Å². The number of nitrogens with two attached hydrogens (primary N) is 1. The van der Waals surface area contributed by atoms with E-state index >= 15 is 0 Å². The molecule has 20 heavy (non-hydrogen) atoms. The van der Waals surface area contributed by atoms with Gasteiger partial charge in [-0.25, -0.2) is 0 Å². The van der Waals surface area contributed by atoms with Crippen molar-refractivity contribution in [2.45, 2.75) is 19.0 Å². The Kier molecular flexibility index (Phi) is 6.74. The third-order valence-electron chi connectivity index (χ3n) is 2.37. The molecule has 0 saturated carbocycles. The van der Waals surface area contributed by atoms with Crippen LogP contribution >= 0.6 is 12.2 Å². The maximum atomic E-state index is 11.8. The van der Waals surface area contributed by atoms with E-state index in [0.29, 0.717) is 24.3 Å². The molecule has 1 aromatic rings. The second-order valence-electron chi connectivity index (χ2n) is 4.04. The Balaban J connectivity index is 2.20. The van der Waals surface area contributed by atoms with E-state index in [1.807, 2.05) is 0 Å². The molecule has 3 nitrogen and oxygen atoms in total. The van der Waals surface area contributed by atoms with Crippen LogP contribution in [0.5, 0.6) is 5.75 Å². The van der Waals surface area contributed by atoms with Gasteiger partial charge in [-0.15, -0.1) is 0 Å². The van der Waals surface area contributed by atoms with Gasteiger partial charge in [-0.3, -0.25) is 0 Å². The fourth-order valence-electron chi connectivity index (χ4n) is 1.43. The highest BCUT2D eigenvalue weighted by Crippen LogP contribution is 2.19. The summed E-state index contributed by atoms with van der Waals surface area (Å²) < 4.78 is 45.9. The first-order valence-electron chi connectivity index (χ1n) is 6.06. The van der Waals surface area contributed by atoms with Gasteiger partial charge in [-0.1, -0.05) is 24.4 Å². The second kappa shape index (κ2) is 8.06. The Hall–Kier alpha value is -1.34. The van der Waals surface area contributed by atoms with Gasteiger partial charge in [0.25, 0.3) is 0 Å². The normalized spacial score (nSPS) is 11.3. The largest absolute Gasteiger partial charge is 0.493 e. The summed E-state index contributed by atoms with van der Waals surface area (Å²) in [5.74, 6) is 0.565. The van der Waals surface area contributed by atoms with Crippen LogP contribution in [0.15, 0.2) is 24.3 Å². The summed E-state index contributed by atoms with van der Waals surface area (Å²) in [6.07, 6.45) is -4.62. The molecule has 0 bridgehead atoms. The van der Waals surface area contributed by atoms with E-state index in [4.69, 9.17) is 27.4 Å². The number of alkyl halides is 3. The highest BCUT2D eigenvalue weighted by Gasteiger charge is 2.26. The molecular formula is C13H16F3NO2S. The molecule has 2 N–H and O–H groups in total. The molecule has 0 amide bonds. The topological polar surface area (TPSA) is 44.5 Å². The van der Waals surface area contributed by atoms with E-state index in [9.17, 15) is 13.2 Å². The molecule has 0 aromatic heterocycles. The molecule has 7 heteroatoms. The van der Waals surface area contributed by atoms with Crippen LogP contribution in [0.2, 0.25) is 0 Å². The number of ether oxygens (including phenoxy) is 2. The lowest BCUT2D eigenvalue weighted by atomic mass is 10.2. The Morgan fingerprint density at radius 2 is 1.85 bits per heavy atom. The monoisotopic (exact) mass is 307 g/mol. The number of benzene rings is 1. The molecule has 0 aliphatic carbocycles. The van der Waals surface area contributed by atoms with E-state index < -0.39 is 12.6 Å². The minimum absolute atomic E-state index is 0.214. The summed E-state index contributed by atoms with van der Waals surface area (Å²) in [6, 6.07) is 7.06. The summed E-state index contributed by atoms with van der Waals surface area (Å²) in [5.41, 5.74) is 6.18. The molecule has 0 fully saturated rings. The minimum Gasteiger partial charge on any atom is -0.493 e. The van der Waals surface area contributed by atoms with Crippen LogP contribution in [0.1, 0.15) is 18.4 Å². The van der Waals surface area contributed by atoms with Gasteiger partial charge in [-0.05, 0) is 12.1 Å². The minimum atomic E-state index is -4.17. The van der Waals surface area contributed by atoms with Crippen molar-refractivity contribution in [3.8, 4) is 5.75 Å². The van der Waals surface area contributed by atoms with Crippen LogP contribution < -0.4 is 10.5 Å². The van der Waals surface area contributed by atoms with Crippen molar-refractivity contribution in [3.05, 3.63) is 29.8 Å². The first kappa shape index (κ1) is 16.7. The van der Waals surface area contributed by atoms with Gasteiger partial charge < -0.3 is 15.2 Å². The highest BCUT2D eigenvalue weighted by atomic mass is 32.1. The lowest BCUT2D eigenvalue weighted by Crippen LogP contribution is -2.14. The van der Waals surface area contributed by atoms with Crippen molar-refractivity contribution in [1.82, 2.24) is 0 Å². The molecule has 0 aliphatic rings. The molecule has 0 aliphatic heterocycles. The molecule has 0 radical (unpaired) electrons. The average molecular weight is 307 g/mol. The van der Waals surface area contributed by atoms with E-state index in [0.717, 1.165) is 0 Å². The Labute approximate surface area is 120 Å². The maximum Gasteiger partial charge on any atom is 0.391 e. The number of hydrogen-bond donors (Lipinski definition) is 1. The van der Waals surface area contributed by atoms with Crippen LogP contribution in [0.3, 0.4) is 0 Å². The Morgan fingerprint density at radius 3 is 2.50 bits per heavy atom. The van der Waals surface area contributed by atoms with Gasteiger partial charge in [0.15, 0.2) is 0 Å². The van der Waals surface area contributed by atoms with Crippen molar-refractivity contribution in [2.75, 3.05) is 19.8 Å². The van der Waals surface area contributed by atoms with Crippen LogP contribution in [-0.4, -0.2) is 31.0 Å². The van der Waals surface area contributed by atoms with Crippen LogP contribution in [0.25, 0.3) is 0 Å². The number of rotatable bonds is 8. The molecule has 1 rings (SSSR count). The van der Waals surface area contributed by atoms with Crippen molar-refractivity contribution in [3.63, 3.8) is 0 Å². The quantitative estimate of drug-likeness (QED) is 0.592. The zero-order chi connectivity index (χ0) is 15.0. The number of halogens is 3. The first-order valence-corrected chi connectivity index (χ1v) is 6.47. The van der Waals surface area contributed by atoms with Gasteiger partial charge in [0.1, 0.15) is 10.7 Å². The molecular weight excluding hydrogens is 291 g/mol. The van der Waals surface area contributed by atoms with Crippen LogP contribution in [-0.2, 0) is 4.74 Å². The van der Waals surface area contributed by atoms with Crippen LogP contribution in [0, 0.1) is 0 Å². The summed E-state index contributed by atoms with van der Waals surface area (Å²) in [7, 11) is 0. The lowest BCUT2D eigenvalue weighted by Gasteiger charge is -2.11. The fraction of sp³-hybridized carbons (Fsp3) is 0.462. The zero-order valence-electron chi connectivity index (χ0n) is 10.8. The van der Waals surface area contributed by atoms with Crippen molar-refractivity contribution in [1.29, 1.82) is 0 Å². The molecule has 1 aromatic carbocycles. The maximum absolute atomic E-state index is 11.8. The van der Waals surface area contributed by atoms with E-state index in [1.165, 1.54) is 0 Å². The zero-order valence-corrected chi connectivity index (χ0v) is 11.6. The van der Waals surface area contributed by atoms with Gasteiger partial charge in [0.2, 0.25) is 0 Å². The smallest absolute Gasteiger partial charge is 0.391 e. The SMILES string of the molecule is NC(=S)c1ccccc1OCCCOCCC(F)(F)F. The van der Waals surface area contributed by atoms with E-state index in [1.54, 1.807) is 24.3 Å². The summed E-state index contributed by atoms with van der Waals surface area (Å²) in [5, 5.41) is 0. The molecule has 112 valence electrons. The molecule has 0 spiro atoms. The van der Waals surface area contributed by atoms with Crippen molar-refractivity contribution in [2.24, 2.45) is 5.73 Å². The average Bonchev–Trinajstić information content (AvgIpc) is 2.36. The summed E-state index contributed by atoms with van der Waals surface area (Å²) >= 11 is 4.89. The molecule has 0 heterocycles. The number of para-hydroxylation sites is 1. The van der Waals surface area contributed by atoms with Gasteiger partial charge >= 0.3 is 6.18 Å². The second-order valence-corrected chi connectivity index (χ2v) is 4.48. The molecule has 0 atom stereocenters.